The van der Waals surface area contributed by atoms with Crippen molar-refractivity contribution in [2.24, 2.45) is 5.73 Å². The van der Waals surface area contributed by atoms with E-state index in [1.54, 1.807) is 12.1 Å². The molecule has 0 radical (unpaired) electrons. The fraction of sp³-hybridized carbons (Fsp3) is 0.333. The van der Waals surface area contributed by atoms with E-state index in [4.69, 9.17) is 22.4 Å². The van der Waals surface area contributed by atoms with Crippen LogP contribution in [0.1, 0.15) is 12.5 Å². The van der Waals surface area contributed by atoms with Crippen LogP contribution in [0.25, 0.3) is 0 Å². The summed E-state index contributed by atoms with van der Waals surface area (Å²) in [6.07, 6.45) is 1.75. The molecule has 0 aliphatic carbocycles. The molecule has 0 saturated heterocycles. The van der Waals surface area contributed by atoms with Crippen molar-refractivity contribution < 1.29 is 9.90 Å². The summed E-state index contributed by atoms with van der Waals surface area (Å²) in [5.74, 6) is -1.03. The molecule has 0 spiro atoms. The fourth-order valence-corrected chi connectivity index (χ4v) is 1.12. The highest BCUT2D eigenvalue weighted by molar-refractivity contribution is 6.29. The Morgan fingerprint density at radius 2 is 2.36 bits per heavy atom. The number of carbonyl (C=O) groups is 1. The number of nitrogens with two attached hydrogens (primary N) is 1. The summed E-state index contributed by atoms with van der Waals surface area (Å²) in [6, 6.07) is 3.32. The Morgan fingerprint density at radius 3 is 2.79 bits per heavy atom. The van der Waals surface area contributed by atoms with Gasteiger partial charge in [-0.05, 0) is 18.6 Å². The molecule has 4 nitrogen and oxygen atoms in total. The maximum atomic E-state index is 10.7. The molecule has 0 aliphatic heterocycles. The average molecular weight is 215 g/mol. The molecule has 0 bridgehead atoms. The molecule has 0 aromatic carbocycles. The Hall–Kier alpha value is -1.13. The van der Waals surface area contributed by atoms with Crippen LogP contribution in [0, 0.1) is 0 Å². The van der Waals surface area contributed by atoms with Crippen molar-refractivity contribution in [3.8, 4) is 0 Å². The van der Waals surface area contributed by atoms with Gasteiger partial charge in [0.05, 0.1) is 0 Å². The molecule has 1 unspecified atom stereocenters. The number of carboxylic acid groups (broad SMARTS) is 1. The predicted molar refractivity (Wildman–Crippen MR) is 53.2 cm³/mol. The van der Waals surface area contributed by atoms with Crippen LogP contribution in [0.5, 0.6) is 0 Å². The van der Waals surface area contributed by atoms with Gasteiger partial charge in [0.1, 0.15) is 10.7 Å². The standard InChI is InChI=1S/C9H11ClN2O2/c1-9(11,8(13)14)4-6-2-3-7(10)12-5-6/h2-3,5H,4,11H2,1H3,(H,13,14). The summed E-state index contributed by atoms with van der Waals surface area (Å²) in [5, 5.41) is 9.16. The monoisotopic (exact) mass is 214 g/mol. The molecule has 1 aromatic rings. The van der Waals surface area contributed by atoms with Gasteiger partial charge in [0.25, 0.3) is 0 Å². The number of nitrogens with zero attached hydrogens (tertiary/aromatic N) is 1. The predicted octanol–water partition coefficient (Wildman–Crippen LogP) is 1.08. The number of pyridine rings is 1. The van der Waals surface area contributed by atoms with Gasteiger partial charge in [-0.25, -0.2) is 4.98 Å². The second-order valence-electron chi connectivity index (χ2n) is 3.39. The van der Waals surface area contributed by atoms with E-state index in [-0.39, 0.29) is 6.42 Å². The number of rotatable bonds is 3. The molecule has 5 heteroatoms. The SMILES string of the molecule is CC(N)(Cc1ccc(Cl)nc1)C(=O)O. The van der Waals surface area contributed by atoms with Crippen molar-refractivity contribution in [2.45, 2.75) is 18.9 Å². The quantitative estimate of drug-likeness (QED) is 0.739. The molecule has 1 aromatic heterocycles. The lowest BCUT2D eigenvalue weighted by atomic mass is 9.95. The highest BCUT2D eigenvalue weighted by atomic mass is 35.5. The van der Waals surface area contributed by atoms with E-state index in [2.05, 4.69) is 4.98 Å². The number of hydrogen-bond acceptors (Lipinski definition) is 3. The first kappa shape index (κ1) is 10.9. The minimum Gasteiger partial charge on any atom is -0.480 e. The van der Waals surface area contributed by atoms with Crippen LogP contribution in [0.15, 0.2) is 18.3 Å². The Kier molecular flexibility index (Phi) is 3.08. The summed E-state index contributed by atoms with van der Waals surface area (Å²) < 4.78 is 0. The van der Waals surface area contributed by atoms with E-state index in [0.29, 0.717) is 5.15 Å². The van der Waals surface area contributed by atoms with Gasteiger partial charge < -0.3 is 10.8 Å². The Labute approximate surface area is 86.7 Å². The minimum atomic E-state index is -1.27. The average Bonchev–Trinajstić information content (AvgIpc) is 2.08. The Balaban J connectivity index is 2.79. The molecule has 76 valence electrons. The van der Waals surface area contributed by atoms with Crippen molar-refractivity contribution in [1.82, 2.24) is 4.98 Å². The van der Waals surface area contributed by atoms with E-state index in [1.807, 2.05) is 0 Å². The second-order valence-corrected chi connectivity index (χ2v) is 3.78. The smallest absolute Gasteiger partial charge is 0.323 e. The van der Waals surface area contributed by atoms with Crippen LogP contribution < -0.4 is 5.73 Å². The highest BCUT2D eigenvalue weighted by Crippen LogP contribution is 2.12. The van der Waals surface area contributed by atoms with Crippen molar-refractivity contribution in [1.29, 1.82) is 0 Å². The Morgan fingerprint density at radius 1 is 1.71 bits per heavy atom. The van der Waals surface area contributed by atoms with Gasteiger partial charge in [0, 0.05) is 12.6 Å². The van der Waals surface area contributed by atoms with Crippen molar-refractivity contribution in [3.63, 3.8) is 0 Å². The van der Waals surface area contributed by atoms with Crippen LogP contribution in [-0.4, -0.2) is 21.6 Å². The number of hydrogen-bond donors (Lipinski definition) is 2. The van der Waals surface area contributed by atoms with E-state index in [1.165, 1.54) is 13.1 Å². The van der Waals surface area contributed by atoms with Crippen LogP contribution in [-0.2, 0) is 11.2 Å². The lowest BCUT2D eigenvalue weighted by Gasteiger charge is -2.18. The van der Waals surface area contributed by atoms with Crippen LogP contribution in [0.4, 0.5) is 0 Å². The first-order valence-corrected chi connectivity index (χ1v) is 4.42. The zero-order chi connectivity index (χ0) is 10.8. The maximum Gasteiger partial charge on any atom is 0.323 e. The molecule has 0 amide bonds. The van der Waals surface area contributed by atoms with Gasteiger partial charge in [0.2, 0.25) is 0 Å². The summed E-state index contributed by atoms with van der Waals surface area (Å²) in [5.41, 5.74) is 5.05. The number of carboxylic acids is 1. The van der Waals surface area contributed by atoms with Crippen LogP contribution in [0.3, 0.4) is 0 Å². The lowest BCUT2D eigenvalue weighted by Crippen LogP contribution is -2.46. The van der Waals surface area contributed by atoms with Crippen molar-refractivity contribution in [2.75, 3.05) is 0 Å². The van der Waals surface area contributed by atoms with Crippen molar-refractivity contribution >= 4 is 17.6 Å². The molecule has 1 rings (SSSR count). The molecule has 0 aliphatic rings. The maximum absolute atomic E-state index is 10.7. The summed E-state index contributed by atoms with van der Waals surface area (Å²) in [6.45, 7) is 1.46. The third-order valence-electron chi connectivity index (χ3n) is 1.85. The van der Waals surface area contributed by atoms with E-state index < -0.39 is 11.5 Å². The number of halogens is 1. The van der Waals surface area contributed by atoms with Gasteiger partial charge in [-0.15, -0.1) is 0 Å². The van der Waals surface area contributed by atoms with Gasteiger partial charge in [-0.3, -0.25) is 4.79 Å². The first-order chi connectivity index (χ1) is 6.42. The molecule has 14 heavy (non-hydrogen) atoms. The van der Waals surface area contributed by atoms with E-state index in [9.17, 15) is 4.79 Å². The van der Waals surface area contributed by atoms with Gasteiger partial charge >= 0.3 is 5.97 Å². The third-order valence-corrected chi connectivity index (χ3v) is 2.07. The summed E-state index contributed by atoms with van der Waals surface area (Å²) >= 11 is 5.59. The molecular formula is C9H11ClN2O2. The topological polar surface area (TPSA) is 76.2 Å². The normalized spacial score (nSPS) is 14.8. The molecule has 1 atom stereocenters. The van der Waals surface area contributed by atoms with E-state index in [0.717, 1.165) is 5.56 Å². The number of aromatic nitrogens is 1. The van der Waals surface area contributed by atoms with Gasteiger partial charge in [0.15, 0.2) is 0 Å². The van der Waals surface area contributed by atoms with Crippen molar-refractivity contribution in [3.05, 3.63) is 29.0 Å². The van der Waals surface area contributed by atoms with Crippen LogP contribution in [0.2, 0.25) is 5.15 Å². The second kappa shape index (κ2) is 3.94. The number of aliphatic carboxylic acids is 1. The Bertz CT molecular complexity index is 335. The minimum absolute atomic E-state index is 0.229. The summed E-state index contributed by atoms with van der Waals surface area (Å²) in [7, 11) is 0. The highest BCUT2D eigenvalue weighted by Gasteiger charge is 2.27. The lowest BCUT2D eigenvalue weighted by molar-refractivity contribution is -0.142. The zero-order valence-corrected chi connectivity index (χ0v) is 8.45. The van der Waals surface area contributed by atoms with E-state index >= 15 is 0 Å². The molecular weight excluding hydrogens is 204 g/mol. The summed E-state index contributed by atoms with van der Waals surface area (Å²) in [4.78, 5) is 14.6. The first-order valence-electron chi connectivity index (χ1n) is 4.04. The third kappa shape index (κ3) is 2.68. The molecule has 0 saturated carbocycles. The van der Waals surface area contributed by atoms with Gasteiger partial charge in [-0.1, -0.05) is 17.7 Å². The molecule has 1 heterocycles. The zero-order valence-electron chi connectivity index (χ0n) is 7.70. The largest absolute Gasteiger partial charge is 0.480 e. The fourth-order valence-electron chi connectivity index (χ4n) is 1.01. The molecule has 0 fully saturated rings. The molecule has 3 N–H and O–H groups in total. The van der Waals surface area contributed by atoms with Gasteiger partial charge in [-0.2, -0.15) is 0 Å². The van der Waals surface area contributed by atoms with Crippen LogP contribution >= 0.6 is 11.6 Å².